The predicted octanol–water partition coefficient (Wildman–Crippen LogP) is 1.56. The van der Waals surface area contributed by atoms with Crippen molar-refractivity contribution < 1.29 is 19.2 Å². The highest BCUT2D eigenvalue weighted by atomic mass is 16.7. The third-order valence-corrected chi connectivity index (χ3v) is 5.20. The molecule has 0 aliphatic carbocycles. The molecule has 24 heavy (non-hydrogen) atoms. The van der Waals surface area contributed by atoms with Gasteiger partial charge in [-0.2, -0.15) is 0 Å². The van der Waals surface area contributed by atoms with E-state index >= 15 is 0 Å². The van der Waals surface area contributed by atoms with Crippen LogP contribution in [0.1, 0.15) is 40.2 Å². The first-order chi connectivity index (χ1) is 11.2. The monoisotopic (exact) mass is 333 g/mol. The lowest BCUT2D eigenvalue weighted by molar-refractivity contribution is 0.00578. The summed E-state index contributed by atoms with van der Waals surface area (Å²) in [5, 5.41) is 9.61. The topological polar surface area (TPSA) is 51.2 Å². The third-order valence-electron chi connectivity index (χ3n) is 5.20. The quantitative estimate of drug-likeness (QED) is 0.851. The Morgan fingerprint density at radius 2 is 1.88 bits per heavy atom. The molecule has 132 valence electrons. The second-order valence-corrected chi connectivity index (χ2v) is 7.89. The Kier molecular flexibility index (Phi) is 4.68. The maximum absolute atomic E-state index is 9.61. The van der Waals surface area contributed by atoms with Crippen molar-refractivity contribution in [1.29, 1.82) is 0 Å². The fraction of sp³-hybridized carbons (Fsp3) is 0.667. The molecule has 0 spiro atoms. The van der Waals surface area contributed by atoms with Crippen LogP contribution in [0.3, 0.4) is 0 Å². The first-order valence-corrected chi connectivity index (χ1v) is 8.70. The lowest BCUT2D eigenvalue weighted by Crippen LogP contribution is -2.41. The van der Waals surface area contributed by atoms with E-state index in [9.17, 15) is 5.11 Å². The van der Waals surface area contributed by atoms with Gasteiger partial charge < -0.3 is 19.2 Å². The van der Waals surface area contributed by atoms with Gasteiger partial charge in [-0.15, -0.1) is 0 Å². The van der Waals surface area contributed by atoms with E-state index in [0.717, 1.165) is 29.9 Å². The van der Waals surface area contributed by atoms with E-state index in [2.05, 4.69) is 44.7 Å². The summed E-state index contributed by atoms with van der Waals surface area (Å²) in [7, 11) is -0.374. The third kappa shape index (κ3) is 3.47. The van der Waals surface area contributed by atoms with Crippen LogP contribution in [0.4, 0.5) is 0 Å². The molecule has 2 aliphatic heterocycles. The molecular weight excluding hydrogens is 305 g/mol. The van der Waals surface area contributed by atoms with Crippen molar-refractivity contribution >= 4 is 12.6 Å². The molecule has 1 N–H and O–H groups in total. The van der Waals surface area contributed by atoms with E-state index in [1.54, 1.807) is 0 Å². The SMILES string of the molecule is C[C@H](O)CN1CCOc2cc(B3OC(C)(C)C(C)(C)O3)ccc2C1. The van der Waals surface area contributed by atoms with Gasteiger partial charge in [0.1, 0.15) is 12.4 Å². The molecular formula is C18H28BNO4. The first kappa shape index (κ1) is 17.7. The highest BCUT2D eigenvalue weighted by Crippen LogP contribution is 2.36. The number of hydrogen-bond donors (Lipinski definition) is 1. The van der Waals surface area contributed by atoms with Crippen LogP contribution in [0.2, 0.25) is 0 Å². The molecule has 2 heterocycles. The van der Waals surface area contributed by atoms with Gasteiger partial charge in [0.25, 0.3) is 0 Å². The Bertz CT molecular complexity index is 587. The van der Waals surface area contributed by atoms with Crippen LogP contribution in [0.5, 0.6) is 5.75 Å². The van der Waals surface area contributed by atoms with Gasteiger partial charge in [-0.25, -0.2) is 0 Å². The minimum Gasteiger partial charge on any atom is -0.492 e. The zero-order chi connectivity index (χ0) is 17.5. The lowest BCUT2D eigenvalue weighted by atomic mass is 9.78. The molecule has 0 radical (unpaired) electrons. The lowest BCUT2D eigenvalue weighted by Gasteiger charge is -2.32. The molecule has 3 rings (SSSR count). The van der Waals surface area contributed by atoms with Crippen molar-refractivity contribution in [1.82, 2.24) is 4.90 Å². The zero-order valence-electron chi connectivity index (χ0n) is 15.3. The summed E-state index contributed by atoms with van der Waals surface area (Å²) >= 11 is 0. The molecule has 0 unspecified atom stereocenters. The number of ether oxygens (including phenoxy) is 1. The number of benzene rings is 1. The molecule has 1 saturated heterocycles. The molecule has 0 bridgehead atoms. The average molecular weight is 333 g/mol. The molecule has 1 atom stereocenters. The van der Waals surface area contributed by atoms with Crippen molar-refractivity contribution in [2.45, 2.75) is 58.5 Å². The molecule has 0 saturated carbocycles. The van der Waals surface area contributed by atoms with E-state index in [-0.39, 0.29) is 24.4 Å². The van der Waals surface area contributed by atoms with Crippen LogP contribution < -0.4 is 10.2 Å². The van der Waals surface area contributed by atoms with Gasteiger partial charge in [-0.3, -0.25) is 4.90 Å². The highest BCUT2D eigenvalue weighted by Gasteiger charge is 2.51. The second-order valence-electron chi connectivity index (χ2n) is 7.89. The summed E-state index contributed by atoms with van der Waals surface area (Å²) in [4.78, 5) is 2.21. The number of rotatable bonds is 3. The fourth-order valence-corrected chi connectivity index (χ4v) is 3.10. The Morgan fingerprint density at radius 3 is 2.50 bits per heavy atom. The van der Waals surface area contributed by atoms with Crippen LogP contribution >= 0.6 is 0 Å². The standard InChI is InChI=1S/C18H28BNO4/c1-13(21)11-20-8-9-22-16-10-15(7-6-14(16)12-20)19-23-17(2,3)18(4,5)24-19/h6-7,10,13,21H,8-9,11-12H2,1-5H3/t13-/m0/s1. The zero-order valence-corrected chi connectivity index (χ0v) is 15.3. The Balaban J connectivity index is 1.79. The molecule has 6 heteroatoms. The number of hydrogen-bond acceptors (Lipinski definition) is 5. The molecule has 2 aliphatic rings. The maximum Gasteiger partial charge on any atom is 0.494 e. The van der Waals surface area contributed by atoms with Crippen LogP contribution in [0, 0.1) is 0 Å². The highest BCUT2D eigenvalue weighted by molar-refractivity contribution is 6.62. The fourth-order valence-electron chi connectivity index (χ4n) is 3.10. The number of fused-ring (bicyclic) bond motifs is 1. The summed E-state index contributed by atoms with van der Waals surface area (Å²) in [6.07, 6.45) is -0.337. The van der Waals surface area contributed by atoms with Crippen molar-refractivity contribution in [3.8, 4) is 5.75 Å². The average Bonchev–Trinajstić information content (AvgIpc) is 2.61. The van der Waals surface area contributed by atoms with Gasteiger partial charge in [0.15, 0.2) is 0 Å². The summed E-state index contributed by atoms with van der Waals surface area (Å²) in [5.41, 5.74) is 1.42. The normalized spacial score (nSPS) is 24.2. The van der Waals surface area contributed by atoms with E-state index in [4.69, 9.17) is 14.0 Å². The van der Waals surface area contributed by atoms with Gasteiger partial charge in [0.05, 0.1) is 17.3 Å². The molecule has 1 aromatic rings. The van der Waals surface area contributed by atoms with E-state index < -0.39 is 0 Å². The smallest absolute Gasteiger partial charge is 0.492 e. The minimum absolute atomic E-state index is 0.337. The largest absolute Gasteiger partial charge is 0.494 e. The van der Waals surface area contributed by atoms with E-state index in [1.165, 1.54) is 0 Å². The summed E-state index contributed by atoms with van der Waals surface area (Å²) in [5.74, 6) is 0.885. The molecule has 0 amide bonds. The molecule has 1 fully saturated rings. The van der Waals surface area contributed by atoms with E-state index in [0.29, 0.717) is 13.2 Å². The Morgan fingerprint density at radius 1 is 1.21 bits per heavy atom. The minimum atomic E-state index is -0.374. The van der Waals surface area contributed by atoms with Gasteiger partial charge >= 0.3 is 7.12 Å². The number of aliphatic hydroxyl groups excluding tert-OH is 1. The van der Waals surface area contributed by atoms with Gasteiger partial charge in [0, 0.05) is 25.2 Å². The second kappa shape index (κ2) is 6.34. The summed E-state index contributed by atoms with van der Waals surface area (Å²) < 4.78 is 18.2. The number of β-amino-alcohol motifs (C(OH)–C–C–N with tert-alkyl or cyclic N) is 1. The van der Waals surface area contributed by atoms with Gasteiger partial charge in [-0.05, 0) is 46.1 Å². The Labute approximate surface area is 145 Å². The Hall–Kier alpha value is -1.08. The van der Waals surface area contributed by atoms with Crippen molar-refractivity contribution in [3.05, 3.63) is 23.8 Å². The number of nitrogens with zero attached hydrogens (tertiary/aromatic N) is 1. The van der Waals surface area contributed by atoms with Crippen LogP contribution in [-0.4, -0.2) is 54.1 Å². The van der Waals surface area contributed by atoms with Crippen LogP contribution in [0.15, 0.2) is 18.2 Å². The van der Waals surface area contributed by atoms with Crippen molar-refractivity contribution in [3.63, 3.8) is 0 Å². The molecule has 1 aromatic carbocycles. The van der Waals surface area contributed by atoms with E-state index in [1.807, 2.05) is 13.0 Å². The van der Waals surface area contributed by atoms with Crippen molar-refractivity contribution in [2.24, 2.45) is 0 Å². The summed E-state index contributed by atoms with van der Waals surface area (Å²) in [6.45, 7) is 12.9. The molecule has 0 aromatic heterocycles. The van der Waals surface area contributed by atoms with Gasteiger partial charge in [0.2, 0.25) is 0 Å². The molecule has 5 nitrogen and oxygen atoms in total. The van der Waals surface area contributed by atoms with Crippen LogP contribution in [-0.2, 0) is 15.9 Å². The van der Waals surface area contributed by atoms with Gasteiger partial charge in [-0.1, -0.05) is 12.1 Å². The maximum atomic E-state index is 9.61. The van der Waals surface area contributed by atoms with Crippen LogP contribution in [0.25, 0.3) is 0 Å². The number of aliphatic hydroxyl groups is 1. The first-order valence-electron chi connectivity index (χ1n) is 8.70. The summed E-state index contributed by atoms with van der Waals surface area (Å²) in [6, 6.07) is 6.16. The van der Waals surface area contributed by atoms with Crippen molar-refractivity contribution in [2.75, 3.05) is 19.7 Å². The predicted molar refractivity (Wildman–Crippen MR) is 94.6 cm³/mol.